The minimum atomic E-state index is -0.422. The third kappa shape index (κ3) is 5.35. The van der Waals surface area contributed by atoms with Gasteiger partial charge in [-0.2, -0.15) is 0 Å². The van der Waals surface area contributed by atoms with Gasteiger partial charge >= 0.3 is 0 Å². The van der Waals surface area contributed by atoms with Crippen molar-refractivity contribution in [2.75, 3.05) is 0 Å². The molecule has 0 heterocycles. The SMILES string of the molecule is CCC(C)NC(=O)/C(C=Nc1ccc(Cl)cc1)=C(\O)c1ccccc1Cl. The predicted octanol–water partition coefficient (Wildman–Crippen LogP) is 5.58. The largest absolute Gasteiger partial charge is 0.506 e. The molecule has 0 saturated heterocycles. The molecule has 0 aromatic heterocycles. The molecule has 0 aliphatic carbocycles. The maximum atomic E-state index is 12.6. The number of hydrogen-bond donors (Lipinski definition) is 2. The molecule has 0 aliphatic heterocycles. The van der Waals surface area contributed by atoms with E-state index < -0.39 is 5.91 Å². The molecule has 6 heteroatoms. The summed E-state index contributed by atoms with van der Waals surface area (Å²) in [7, 11) is 0. The Labute approximate surface area is 163 Å². The van der Waals surface area contributed by atoms with E-state index in [2.05, 4.69) is 10.3 Å². The van der Waals surface area contributed by atoms with E-state index in [4.69, 9.17) is 23.2 Å². The second kappa shape index (κ2) is 9.41. The first-order chi connectivity index (χ1) is 12.4. The van der Waals surface area contributed by atoms with E-state index in [1.807, 2.05) is 13.8 Å². The van der Waals surface area contributed by atoms with Gasteiger partial charge < -0.3 is 10.4 Å². The van der Waals surface area contributed by atoms with E-state index in [0.717, 1.165) is 6.42 Å². The summed E-state index contributed by atoms with van der Waals surface area (Å²) in [6.07, 6.45) is 2.10. The van der Waals surface area contributed by atoms with Crippen LogP contribution in [0.25, 0.3) is 5.76 Å². The second-order valence-corrected chi connectivity index (χ2v) is 6.60. The van der Waals surface area contributed by atoms with Crippen LogP contribution in [0.3, 0.4) is 0 Å². The smallest absolute Gasteiger partial charge is 0.256 e. The molecule has 1 unspecified atom stereocenters. The number of nitrogens with zero attached hydrogens (tertiary/aromatic N) is 1. The van der Waals surface area contributed by atoms with E-state index in [0.29, 0.717) is 21.3 Å². The molecule has 0 aliphatic rings. The van der Waals surface area contributed by atoms with E-state index in [-0.39, 0.29) is 17.4 Å². The summed E-state index contributed by atoms with van der Waals surface area (Å²) in [4.78, 5) is 16.9. The molecule has 2 rings (SSSR count). The molecule has 1 atom stereocenters. The predicted molar refractivity (Wildman–Crippen MR) is 109 cm³/mol. The van der Waals surface area contributed by atoms with Gasteiger partial charge in [-0.15, -0.1) is 0 Å². The Morgan fingerprint density at radius 2 is 1.85 bits per heavy atom. The quantitative estimate of drug-likeness (QED) is 0.384. The number of carbonyl (C=O) groups is 1. The van der Waals surface area contributed by atoms with Crippen LogP contribution in [0.1, 0.15) is 25.8 Å². The van der Waals surface area contributed by atoms with E-state index in [9.17, 15) is 9.90 Å². The van der Waals surface area contributed by atoms with Gasteiger partial charge in [-0.25, -0.2) is 0 Å². The standard InChI is InChI=1S/C20H20Cl2N2O2/c1-3-13(2)24-20(26)17(12-23-15-10-8-14(21)9-11-15)19(25)16-6-4-5-7-18(16)22/h4-13,25H,3H2,1-2H3,(H,24,26)/b19-17-,23-12?. The molecular formula is C20H20Cl2N2O2. The van der Waals surface area contributed by atoms with Gasteiger partial charge in [0.15, 0.2) is 0 Å². The summed E-state index contributed by atoms with van der Waals surface area (Å²) in [5.74, 6) is -0.649. The molecule has 0 fully saturated rings. The number of rotatable bonds is 6. The van der Waals surface area contributed by atoms with Gasteiger partial charge in [0.1, 0.15) is 11.3 Å². The fraction of sp³-hybridized carbons (Fsp3) is 0.200. The van der Waals surface area contributed by atoms with Crippen LogP contribution in [-0.4, -0.2) is 23.3 Å². The monoisotopic (exact) mass is 390 g/mol. The van der Waals surface area contributed by atoms with E-state index >= 15 is 0 Å². The van der Waals surface area contributed by atoms with Crippen molar-refractivity contribution in [3.05, 3.63) is 69.7 Å². The van der Waals surface area contributed by atoms with Crippen LogP contribution in [0.15, 0.2) is 59.1 Å². The normalized spacial score (nSPS) is 13.4. The number of amides is 1. The van der Waals surface area contributed by atoms with Crippen molar-refractivity contribution >= 4 is 46.8 Å². The van der Waals surface area contributed by atoms with Crippen LogP contribution >= 0.6 is 23.2 Å². The van der Waals surface area contributed by atoms with Gasteiger partial charge in [0.2, 0.25) is 0 Å². The Morgan fingerprint density at radius 1 is 1.19 bits per heavy atom. The Morgan fingerprint density at radius 3 is 2.46 bits per heavy atom. The van der Waals surface area contributed by atoms with Crippen LogP contribution in [0, 0.1) is 0 Å². The average Bonchev–Trinajstić information content (AvgIpc) is 2.63. The van der Waals surface area contributed by atoms with Gasteiger partial charge in [-0.3, -0.25) is 9.79 Å². The van der Waals surface area contributed by atoms with Crippen LogP contribution < -0.4 is 5.32 Å². The summed E-state index contributed by atoms with van der Waals surface area (Å²) in [6.45, 7) is 3.85. The first-order valence-corrected chi connectivity index (χ1v) is 8.96. The summed E-state index contributed by atoms with van der Waals surface area (Å²) in [6, 6.07) is 13.6. The fourth-order valence-corrected chi connectivity index (χ4v) is 2.45. The second-order valence-electron chi connectivity index (χ2n) is 5.76. The highest BCUT2D eigenvalue weighted by Gasteiger charge is 2.18. The summed E-state index contributed by atoms with van der Waals surface area (Å²) in [5, 5.41) is 14.4. The molecule has 4 nitrogen and oxygen atoms in total. The molecular weight excluding hydrogens is 371 g/mol. The number of carbonyl (C=O) groups excluding carboxylic acids is 1. The number of hydrogen-bond acceptors (Lipinski definition) is 3. The molecule has 0 saturated carbocycles. The molecule has 0 spiro atoms. The van der Waals surface area contributed by atoms with E-state index in [1.165, 1.54) is 6.21 Å². The number of nitrogens with one attached hydrogen (secondary N) is 1. The van der Waals surface area contributed by atoms with Crippen LogP contribution in [-0.2, 0) is 4.79 Å². The van der Waals surface area contributed by atoms with Crippen molar-refractivity contribution in [1.29, 1.82) is 0 Å². The third-order valence-corrected chi connectivity index (χ3v) is 4.37. The Hall–Kier alpha value is -2.30. The number of aliphatic hydroxyl groups excluding tert-OH is 1. The molecule has 0 bridgehead atoms. The van der Waals surface area contributed by atoms with Crippen molar-refractivity contribution in [1.82, 2.24) is 5.32 Å². The lowest BCUT2D eigenvalue weighted by Crippen LogP contribution is -2.34. The van der Waals surface area contributed by atoms with Crippen molar-refractivity contribution in [2.45, 2.75) is 26.3 Å². The van der Waals surface area contributed by atoms with Crippen molar-refractivity contribution in [2.24, 2.45) is 4.99 Å². The zero-order valence-corrected chi connectivity index (χ0v) is 16.1. The zero-order valence-electron chi connectivity index (χ0n) is 14.5. The van der Waals surface area contributed by atoms with Crippen molar-refractivity contribution in [3.63, 3.8) is 0 Å². The number of aliphatic hydroxyl groups is 1. The van der Waals surface area contributed by atoms with E-state index in [1.54, 1.807) is 48.5 Å². The molecule has 2 aromatic carbocycles. The zero-order chi connectivity index (χ0) is 19.1. The van der Waals surface area contributed by atoms with Crippen molar-refractivity contribution < 1.29 is 9.90 Å². The van der Waals surface area contributed by atoms with Crippen molar-refractivity contribution in [3.8, 4) is 0 Å². The lowest BCUT2D eigenvalue weighted by molar-refractivity contribution is -0.117. The van der Waals surface area contributed by atoms with Gasteiger partial charge in [-0.05, 0) is 49.7 Å². The van der Waals surface area contributed by atoms with Crippen LogP contribution in [0.2, 0.25) is 10.0 Å². The number of halogens is 2. The lowest BCUT2D eigenvalue weighted by atomic mass is 10.1. The molecule has 2 N–H and O–H groups in total. The lowest BCUT2D eigenvalue weighted by Gasteiger charge is -2.13. The molecule has 26 heavy (non-hydrogen) atoms. The topological polar surface area (TPSA) is 61.7 Å². The Balaban J connectivity index is 2.44. The minimum absolute atomic E-state index is 0.0355. The molecule has 1 amide bonds. The summed E-state index contributed by atoms with van der Waals surface area (Å²) < 4.78 is 0. The maximum absolute atomic E-state index is 12.6. The molecule has 136 valence electrons. The third-order valence-electron chi connectivity index (χ3n) is 3.79. The first kappa shape index (κ1) is 20.0. The van der Waals surface area contributed by atoms with Gasteiger partial charge in [-0.1, -0.05) is 42.3 Å². The summed E-state index contributed by atoms with van der Waals surface area (Å²) >= 11 is 12.0. The van der Waals surface area contributed by atoms with Gasteiger partial charge in [0, 0.05) is 22.8 Å². The minimum Gasteiger partial charge on any atom is -0.506 e. The maximum Gasteiger partial charge on any atom is 0.256 e. The highest BCUT2D eigenvalue weighted by molar-refractivity contribution is 6.33. The average molecular weight is 391 g/mol. The number of benzene rings is 2. The number of aliphatic imine (C=N–C) groups is 1. The first-order valence-electron chi connectivity index (χ1n) is 8.21. The van der Waals surface area contributed by atoms with Crippen LogP contribution in [0.5, 0.6) is 0 Å². The van der Waals surface area contributed by atoms with Crippen LogP contribution in [0.4, 0.5) is 5.69 Å². The highest BCUT2D eigenvalue weighted by atomic mass is 35.5. The molecule has 2 aromatic rings. The van der Waals surface area contributed by atoms with Gasteiger partial charge in [0.25, 0.3) is 5.91 Å². The fourth-order valence-electron chi connectivity index (χ4n) is 2.10. The Kier molecular flexibility index (Phi) is 7.25. The van der Waals surface area contributed by atoms with Gasteiger partial charge in [0.05, 0.1) is 10.7 Å². The highest BCUT2D eigenvalue weighted by Crippen LogP contribution is 2.24. The Bertz CT molecular complexity index is 830. The molecule has 0 radical (unpaired) electrons. The summed E-state index contributed by atoms with van der Waals surface area (Å²) in [5.41, 5.74) is 1.01.